The Labute approximate surface area is 135 Å². The average molecular weight is 368 g/mol. The highest BCUT2D eigenvalue weighted by Gasteiger charge is 2.22. The number of anilines is 3. The Bertz CT molecular complexity index is 651. The van der Waals surface area contributed by atoms with Crippen LogP contribution in [0.1, 0.15) is 0 Å². The minimum absolute atomic E-state index is 0.127. The molecule has 0 unspecified atom stereocenters. The van der Waals surface area contributed by atoms with Gasteiger partial charge in [0, 0.05) is 23.8 Å². The van der Waals surface area contributed by atoms with Crippen molar-refractivity contribution in [2.45, 2.75) is 0 Å². The number of aromatic nitrogens is 2. The van der Waals surface area contributed by atoms with Gasteiger partial charge in [-0.15, -0.1) is 0 Å². The summed E-state index contributed by atoms with van der Waals surface area (Å²) in [5.74, 6) is 0.277. The summed E-state index contributed by atoms with van der Waals surface area (Å²) in [5, 5.41) is 17.1. The molecule has 116 valence electrons. The van der Waals surface area contributed by atoms with Crippen LogP contribution in [0.25, 0.3) is 0 Å². The monoisotopic (exact) mass is 367 g/mol. The van der Waals surface area contributed by atoms with E-state index in [0.29, 0.717) is 18.8 Å². The molecule has 2 aromatic rings. The molecule has 0 fully saturated rings. The topological polar surface area (TPSA) is 102 Å². The van der Waals surface area contributed by atoms with Crippen molar-refractivity contribution in [3.8, 4) is 0 Å². The zero-order chi connectivity index (χ0) is 15.9. The van der Waals surface area contributed by atoms with E-state index in [4.69, 9.17) is 4.74 Å². The highest BCUT2D eigenvalue weighted by Crippen LogP contribution is 2.31. The second-order valence-corrected chi connectivity index (χ2v) is 5.14. The Morgan fingerprint density at radius 2 is 1.95 bits per heavy atom. The number of nitrogens with zero attached hydrogens (tertiary/aromatic N) is 3. The van der Waals surface area contributed by atoms with Gasteiger partial charge in [0.1, 0.15) is 6.33 Å². The molecule has 0 radical (unpaired) electrons. The number of benzene rings is 1. The third kappa shape index (κ3) is 4.12. The lowest BCUT2D eigenvalue weighted by molar-refractivity contribution is -0.383. The van der Waals surface area contributed by atoms with Crippen molar-refractivity contribution in [3.63, 3.8) is 0 Å². The molecule has 0 bridgehead atoms. The highest BCUT2D eigenvalue weighted by atomic mass is 79.9. The van der Waals surface area contributed by atoms with Crippen LogP contribution in [-0.4, -0.2) is 35.2 Å². The van der Waals surface area contributed by atoms with Gasteiger partial charge in [0.25, 0.3) is 0 Å². The van der Waals surface area contributed by atoms with Crippen molar-refractivity contribution in [2.24, 2.45) is 0 Å². The molecule has 1 aromatic heterocycles. The fourth-order valence-electron chi connectivity index (χ4n) is 1.71. The van der Waals surface area contributed by atoms with Crippen molar-refractivity contribution in [2.75, 3.05) is 30.9 Å². The van der Waals surface area contributed by atoms with Crippen molar-refractivity contribution < 1.29 is 9.66 Å². The molecule has 2 N–H and O–H groups in total. The second-order valence-electron chi connectivity index (χ2n) is 4.23. The Hall–Kier alpha value is -2.26. The van der Waals surface area contributed by atoms with E-state index in [-0.39, 0.29) is 17.3 Å². The summed E-state index contributed by atoms with van der Waals surface area (Å²) in [6.45, 7) is 0.822. The van der Waals surface area contributed by atoms with E-state index in [1.165, 1.54) is 6.33 Å². The molecule has 0 amide bonds. The summed E-state index contributed by atoms with van der Waals surface area (Å²) in [4.78, 5) is 18.7. The predicted molar refractivity (Wildman–Crippen MR) is 86.5 cm³/mol. The third-order valence-corrected chi connectivity index (χ3v) is 3.24. The Balaban J connectivity index is 2.27. The van der Waals surface area contributed by atoms with E-state index >= 15 is 0 Å². The van der Waals surface area contributed by atoms with E-state index in [1.807, 2.05) is 12.1 Å². The maximum Gasteiger partial charge on any atom is 0.353 e. The third-order valence-electron chi connectivity index (χ3n) is 2.71. The Kier molecular flexibility index (Phi) is 5.61. The van der Waals surface area contributed by atoms with Crippen molar-refractivity contribution in [1.82, 2.24) is 9.97 Å². The van der Waals surface area contributed by atoms with Crippen LogP contribution in [-0.2, 0) is 4.74 Å². The molecule has 0 aliphatic heterocycles. The predicted octanol–water partition coefficient (Wildman–Crippen LogP) is 2.95. The number of halogens is 1. The fourth-order valence-corrected chi connectivity index (χ4v) is 1.98. The zero-order valence-corrected chi connectivity index (χ0v) is 13.3. The van der Waals surface area contributed by atoms with Gasteiger partial charge >= 0.3 is 5.69 Å². The molecule has 2 rings (SSSR count). The van der Waals surface area contributed by atoms with E-state index in [9.17, 15) is 10.1 Å². The van der Waals surface area contributed by atoms with Crippen molar-refractivity contribution in [1.29, 1.82) is 0 Å². The number of hydrogen-bond donors (Lipinski definition) is 2. The molecule has 9 heteroatoms. The standard InChI is InChI=1S/C13H14BrN5O3/c1-22-7-6-15-12-11(19(20)21)13(17-8-16-12)18-10-4-2-9(14)3-5-10/h2-5,8H,6-7H2,1H3,(H2,15,16,17,18). The number of rotatable bonds is 7. The van der Waals surface area contributed by atoms with Gasteiger partial charge in [-0.05, 0) is 24.3 Å². The first-order valence-corrected chi connectivity index (χ1v) is 7.16. The minimum Gasteiger partial charge on any atom is -0.383 e. The van der Waals surface area contributed by atoms with Gasteiger partial charge in [-0.2, -0.15) is 0 Å². The van der Waals surface area contributed by atoms with Gasteiger partial charge < -0.3 is 15.4 Å². The maximum absolute atomic E-state index is 11.3. The van der Waals surface area contributed by atoms with E-state index in [2.05, 4.69) is 36.5 Å². The van der Waals surface area contributed by atoms with Crippen LogP contribution in [0.2, 0.25) is 0 Å². The Morgan fingerprint density at radius 3 is 2.59 bits per heavy atom. The van der Waals surface area contributed by atoms with Crippen LogP contribution in [0.15, 0.2) is 35.1 Å². The lowest BCUT2D eigenvalue weighted by Crippen LogP contribution is -2.12. The second kappa shape index (κ2) is 7.66. The molecule has 0 aliphatic carbocycles. The molecule has 22 heavy (non-hydrogen) atoms. The first kappa shape index (κ1) is 16.1. The van der Waals surface area contributed by atoms with Gasteiger partial charge in [0.05, 0.1) is 11.5 Å². The number of nitro groups is 1. The summed E-state index contributed by atoms with van der Waals surface area (Å²) in [6.07, 6.45) is 1.27. The van der Waals surface area contributed by atoms with Crippen LogP contribution < -0.4 is 10.6 Å². The van der Waals surface area contributed by atoms with E-state index in [1.54, 1.807) is 19.2 Å². The summed E-state index contributed by atoms with van der Waals surface area (Å²) in [6, 6.07) is 7.22. The molecular weight excluding hydrogens is 354 g/mol. The molecule has 0 saturated heterocycles. The van der Waals surface area contributed by atoms with Gasteiger partial charge in [0.2, 0.25) is 11.6 Å². The normalized spacial score (nSPS) is 10.3. The van der Waals surface area contributed by atoms with E-state index in [0.717, 1.165) is 4.47 Å². The fraction of sp³-hybridized carbons (Fsp3) is 0.231. The quantitative estimate of drug-likeness (QED) is 0.440. The molecule has 0 saturated carbocycles. The van der Waals surface area contributed by atoms with Crippen molar-refractivity contribution in [3.05, 3.63) is 45.2 Å². The van der Waals surface area contributed by atoms with Crippen LogP contribution in [0.3, 0.4) is 0 Å². The van der Waals surface area contributed by atoms with Gasteiger partial charge in [-0.1, -0.05) is 15.9 Å². The first-order chi connectivity index (χ1) is 10.6. The number of methoxy groups -OCH3 is 1. The van der Waals surface area contributed by atoms with E-state index < -0.39 is 4.92 Å². The highest BCUT2D eigenvalue weighted by molar-refractivity contribution is 9.10. The van der Waals surface area contributed by atoms with Gasteiger partial charge in [-0.3, -0.25) is 10.1 Å². The Morgan fingerprint density at radius 1 is 1.27 bits per heavy atom. The molecule has 1 aromatic carbocycles. The van der Waals surface area contributed by atoms with Crippen LogP contribution >= 0.6 is 15.9 Å². The average Bonchev–Trinajstić information content (AvgIpc) is 2.50. The largest absolute Gasteiger partial charge is 0.383 e. The smallest absolute Gasteiger partial charge is 0.353 e. The van der Waals surface area contributed by atoms with Crippen molar-refractivity contribution >= 4 is 38.9 Å². The molecule has 1 heterocycles. The number of ether oxygens (including phenoxy) is 1. The summed E-state index contributed by atoms with van der Waals surface area (Å²) in [7, 11) is 1.55. The first-order valence-electron chi connectivity index (χ1n) is 6.36. The SMILES string of the molecule is COCCNc1ncnc(Nc2ccc(Br)cc2)c1[N+](=O)[O-]. The van der Waals surface area contributed by atoms with Crippen LogP contribution in [0.4, 0.5) is 23.0 Å². The van der Waals surface area contributed by atoms with Crippen LogP contribution in [0, 0.1) is 10.1 Å². The molecule has 0 spiro atoms. The molecule has 0 atom stereocenters. The summed E-state index contributed by atoms with van der Waals surface area (Å²) in [5.41, 5.74) is 0.481. The zero-order valence-electron chi connectivity index (χ0n) is 11.7. The molecule has 8 nitrogen and oxygen atoms in total. The number of nitrogens with one attached hydrogen (secondary N) is 2. The minimum atomic E-state index is -0.518. The molecule has 0 aliphatic rings. The summed E-state index contributed by atoms with van der Waals surface area (Å²) >= 11 is 3.33. The lowest BCUT2D eigenvalue weighted by Gasteiger charge is -2.09. The maximum atomic E-state index is 11.3. The molecular formula is C13H14BrN5O3. The lowest BCUT2D eigenvalue weighted by atomic mass is 10.3. The van der Waals surface area contributed by atoms with Gasteiger partial charge in [-0.25, -0.2) is 9.97 Å². The van der Waals surface area contributed by atoms with Gasteiger partial charge in [0.15, 0.2) is 0 Å². The van der Waals surface area contributed by atoms with Crippen LogP contribution in [0.5, 0.6) is 0 Å². The number of hydrogen-bond acceptors (Lipinski definition) is 7. The summed E-state index contributed by atoms with van der Waals surface area (Å²) < 4.78 is 5.82.